The van der Waals surface area contributed by atoms with Crippen LogP contribution in [-0.4, -0.2) is 42.0 Å². The maximum Gasteiger partial charge on any atom is 0.442 e. The molecule has 1 aromatic rings. The van der Waals surface area contributed by atoms with Gasteiger partial charge in [-0.05, 0) is 39.8 Å². The number of phenolic OH excluding ortho intramolecular Hbond substituents is 1. The lowest BCUT2D eigenvalue weighted by molar-refractivity contribution is -0.166. The fourth-order valence-corrected chi connectivity index (χ4v) is 2.42. The number of halogens is 3. The van der Waals surface area contributed by atoms with E-state index in [2.05, 4.69) is 20.9 Å². The van der Waals surface area contributed by atoms with Crippen LogP contribution in [0.4, 0.5) is 18.0 Å². The molecule has 2 amide bonds. The minimum absolute atomic E-state index is 0.130. The van der Waals surface area contributed by atoms with E-state index < -0.39 is 35.2 Å². The van der Waals surface area contributed by atoms with Crippen LogP contribution in [0.15, 0.2) is 34.0 Å². The van der Waals surface area contributed by atoms with E-state index in [4.69, 9.17) is 4.74 Å². The fourth-order valence-electron chi connectivity index (χ4n) is 2.42. The lowest BCUT2D eigenvalue weighted by Gasteiger charge is -2.19. The highest BCUT2D eigenvalue weighted by molar-refractivity contribution is 5.97. The summed E-state index contributed by atoms with van der Waals surface area (Å²) in [4.78, 5) is 23.6. The smallest absolute Gasteiger partial charge is 0.442 e. The van der Waals surface area contributed by atoms with Crippen LogP contribution in [0.3, 0.4) is 0 Å². The molecule has 0 fully saturated rings. The molecule has 0 spiro atoms. The van der Waals surface area contributed by atoms with Crippen molar-refractivity contribution in [2.45, 2.75) is 45.1 Å². The predicted molar refractivity (Wildman–Crippen MR) is 102 cm³/mol. The van der Waals surface area contributed by atoms with Gasteiger partial charge in [0.2, 0.25) is 5.91 Å². The summed E-state index contributed by atoms with van der Waals surface area (Å²) in [5.74, 6) is -0.907. The van der Waals surface area contributed by atoms with E-state index in [9.17, 15) is 27.9 Å². The van der Waals surface area contributed by atoms with Gasteiger partial charge in [0.15, 0.2) is 0 Å². The van der Waals surface area contributed by atoms with Gasteiger partial charge in [-0.2, -0.15) is 13.2 Å². The fraction of sp³-hybridized carbons (Fsp3) is 0.474. The van der Waals surface area contributed by atoms with E-state index in [0.717, 1.165) is 12.1 Å². The van der Waals surface area contributed by atoms with Gasteiger partial charge in [-0.25, -0.2) is 4.79 Å². The summed E-state index contributed by atoms with van der Waals surface area (Å²) in [6, 6.07) is 3.33. The van der Waals surface area contributed by atoms with Crippen LogP contribution in [-0.2, 0) is 15.2 Å². The van der Waals surface area contributed by atoms with Gasteiger partial charge >= 0.3 is 17.9 Å². The lowest BCUT2D eigenvalue weighted by atomic mass is 9.99. The molecular weight excluding hydrogens is 405 g/mol. The normalized spacial score (nSPS) is 15.5. The van der Waals surface area contributed by atoms with Crippen molar-refractivity contribution in [3.8, 4) is 5.75 Å². The summed E-state index contributed by atoms with van der Waals surface area (Å²) >= 11 is 0. The Bertz CT molecular complexity index is 883. The maximum absolute atomic E-state index is 13.0. The number of ether oxygens (including phenoxy) is 1. The van der Waals surface area contributed by atoms with Crippen LogP contribution in [0.5, 0.6) is 5.75 Å². The van der Waals surface area contributed by atoms with Gasteiger partial charge in [0.25, 0.3) is 0 Å². The Hall–Kier alpha value is -3.11. The Balaban J connectivity index is 1.92. The first-order valence-corrected chi connectivity index (χ1v) is 9.03. The predicted octanol–water partition coefficient (Wildman–Crippen LogP) is 3.62. The van der Waals surface area contributed by atoms with E-state index in [0.29, 0.717) is 0 Å². The summed E-state index contributed by atoms with van der Waals surface area (Å²) in [5.41, 5.74) is -3.19. The Labute approximate surface area is 171 Å². The van der Waals surface area contributed by atoms with Crippen molar-refractivity contribution < 1.29 is 32.6 Å². The number of nitrogens with zero attached hydrogens (tertiary/aromatic N) is 2. The lowest BCUT2D eigenvalue weighted by Crippen LogP contribution is -2.38. The standard InChI is InChI=1S/C19H23F3N4O4/c1-11(15(28)23-7-8-24-16(29)30-17(2,3)4)9-12-5-6-13(10-14(12)27)18(25-26-18)19(20,21)22/h5-6,9-10,27H,7-8H2,1-4H3,(H,23,28)(H,24,29)/b11-9+. The third-order valence-corrected chi connectivity index (χ3v) is 3.94. The Morgan fingerprint density at radius 2 is 1.77 bits per heavy atom. The van der Waals surface area contributed by atoms with Crippen molar-refractivity contribution in [3.63, 3.8) is 0 Å². The molecule has 1 aromatic carbocycles. The number of hydrogen-bond acceptors (Lipinski definition) is 6. The summed E-state index contributed by atoms with van der Waals surface area (Å²) in [6.45, 7) is 6.92. The number of alkyl halides is 3. The third kappa shape index (κ3) is 5.71. The number of aromatic hydroxyl groups is 1. The maximum atomic E-state index is 13.0. The third-order valence-electron chi connectivity index (χ3n) is 3.94. The quantitative estimate of drug-likeness (QED) is 0.475. The van der Waals surface area contributed by atoms with Crippen LogP contribution in [0, 0.1) is 0 Å². The molecule has 0 saturated carbocycles. The Morgan fingerprint density at radius 1 is 1.17 bits per heavy atom. The summed E-state index contributed by atoms with van der Waals surface area (Å²) in [7, 11) is 0. The second-order valence-corrected chi connectivity index (χ2v) is 7.66. The van der Waals surface area contributed by atoms with Gasteiger partial charge in [-0.1, -0.05) is 12.1 Å². The number of alkyl carbamates (subject to hydrolysis) is 1. The SMILES string of the molecule is C/C(=C\c1ccc(C2(C(F)(F)F)N=N2)cc1O)C(=O)NCCNC(=O)OC(C)(C)C. The average molecular weight is 428 g/mol. The molecule has 0 bridgehead atoms. The number of carbonyl (C=O) groups is 2. The van der Waals surface area contributed by atoms with Crippen molar-refractivity contribution in [1.82, 2.24) is 10.6 Å². The van der Waals surface area contributed by atoms with E-state index in [1.54, 1.807) is 20.8 Å². The van der Waals surface area contributed by atoms with Crippen molar-refractivity contribution in [1.29, 1.82) is 0 Å². The van der Waals surface area contributed by atoms with Gasteiger partial charge in [-0.15, -0.1) is 10.2 Å². The van der Waals surface area contributed by atoms with Crippen LogP contribution in [0.25, 0.3) is 6.08 Å². The molecule has 2 rings (SSSR count). The van der Waals surface area contributed by atoms with Gasteiger partial charge < -0.3 is 20.5 Å². The molecule has 1 aliphatic rings. The molecule has 0 radical (unpaired) electrons. The Morgan fingerprint density at radius 3 is 2.27 bits per heavy atom. The van der Waals surface area contributed by atoms with E-state index in [1.165, 1.54) is 19.1 Å². The van der Waals surface area contributed by atoms with Crippen LogP contribution in [0.2, 0.25) is 0 Å². The molecular formula is C19H23F3N4O4. The number of rotatable bonds is 6. The largest absolute Gasteiger partial charge is 0.507 e. The molecule has 30 heavy (non-hydrogen) atoms. The molecule has 164 valence electrons. The van der Waals surface area contributed by atoms with Gasteiger partial charge in [0.05, 0.1) is 0 Å². The first-order chi connectivity index (χ1) is 13.7. The zero-order valence-corrected chi connectivity index (χ0v) is 16.9. The van der Waals surface area contributed by atoms with Gasteiger partial charge in [0, 0.05) is 29.8 Å². The van der Waals surface area contributed by atoms with Crippen LogP contribution >= 0.6 is 0 Å². The minimum Gasteiger partial charge on any atom is -0.507 e. The highest BCUT2D eigenvalue weighted by Crippen LogP contribution is 2.52. The molecule has 0 atom stereocenters. The van der Waals surface area contributed by atoms with Crippen molar-refractivity contribution in [2.24, 2.45) is 10.2 Å². The summed E-state index contributed by atoms with van der Waals surface area (Å²) in [6.07, 6.45) is -3.98. The van der Waals surface area contributed by atoms with Gasteiger partial charge in [0.1, 0.15) is 11.4 Å². The number of phenols is 1. The van der Waals surface area contributed by atoms with Crippen molar-refractivity contribution in [2.75, 3.05) is 13.1 Å². The zero-order chi connectivity index (χ0) is 22.7. The topological polar surface area (TPSA) is 112 Å². The summed E-state index contributed by atoms with van der Waals surface area (Å²) < 4.78 is 44.2. The molecule has 0 aliphatic carbocycles. The number of amides is 2. The van der Waals surface area contributed by atoms with Crippen molar-refractivity contribution >= 4 is 18.1 Å². The highest BCUT2D eigenvalue weighted by atomic mass is 19.4. The molecule has 8 nitrogen and oxygen atoms in total. The van der Waals surface area contributed by atoms with Crippen LogP contribution < -0.4 is 10.6 Å². The monoisotopic (exact) mass is 428 g/mol. The molecule has 11 heteroatoms. The van der Waals surface area contributed by atoms with Crippen molar-refractivity contribution in [3.05, 3.63) is 34.9 Å². The molecule has 0 unspecified atom stereocenters. The molecule has 0 aromatic heterocycles. The Kier molecular flexibility index (Phi) is 6.43. The zero-order valence-electron chi connectivity index (χ0n) is 16.9. The molecule has 0 saturated heterocycles. The van der Waals surface area contributed by atoms with E-state index in [1.807, 2.05) is 0 Å². The average Bonchev–Trinajstić information content (AvgIpc) is 3.40. The first-order valence-electron chi connectivity index (χ1n) is 9.03. The molecule has 3 N–H and O–H groups in total. The minimum atomic E-state index is -4.69. The van der Waals surface area contributed by atoms with E-state index >= 15 is 0 Å². The number of benzene rings is 1. The molecule has 1 heterocycles. The second-order valence-electron chi connectivity index (χ2n) is 7.66. The highest BCUT2D eigenvalue weighted by Gasteiger charge is 2.65. The van der Waals surface area contributed by atoms with Crippen LogP contribution in [0.1, 0.15) is 38.8 Å². The number of carbonyl (C=O) groups excluding carboxylic acids is 2. The second kappa shape index (κ2) is 8.33. The number of nitrogens with one attached hydrogen (secondary N) is 2. The van der Waals surface area contributed by atoms with E-state index in [-0.39, 0.29) is 29.8 Å². The first kappa shape index (κ1) is 23.2. The van der Waals surface area contributed by atoms with Gasteiger partial charge in [-0.3, -0.25) is 4.79 Å². The summed E-state index contributed by atoms with van der Waals surface area (Å²) in [5, 5.41) is 21.3. The number of hydrogen-bond donors (Lipinski definition) is 3. The molecule has 1 aliphatic heterocycles.